The second-order valence-corrected chi connectivity index (χ2v) is 6.29. The van der Waals surface area contributed by atoms with Crippen molar-refractivity contribution < 1.29 is 4.79 Å². The average Bonchev–Trinajstić information content (AvgIpc) is 3.19. The minimum Gasteiger partial charge on any atom is -0.354 e. The maximum atomic E-state index is 12.1. The predicted octanol–water partition coefficient (Wildman–Crippen LogP) is 3.52. The van der Waals surface area contributed by atoms with Crippen molar-refractivity contribution in [1.29, 1.82) is 0 Å². The van der Waals surface area contributed by atoms with Gasteiger partial charge in [0.05, 0.1) is 5.38 Å². The summed E-state index contributed by atoms with van der Waals surface area (Å²) >= 11 is 6.31. The molecule has 102 valence electrons. The highest BCUT2D eigenvalue weighted by Gasteiger charge is 2.54. The summed E-state index contributed by atoms with van der Waals surface area (Å²) in [5.41, 5.74) is 1.07. The van der Waals surface area contributed by atoms with Crippen LogP contribution in [0.25, 0.3) is 0 Å². The van der Waals surface area contributed by atoms with Gasteiger partial charge in [-0.15, -0.1) is 11.6 Å². The van der Waals surface area contributed by atoms with Gasteiger partial charge in [-0.2, -0.15) is 0 Å². The maximum absolute atomic E-state index is 12.1. The number of carbonyl (C=O) groups is 1. The number of nitrogens with one attached hydrogen (secondary N) is 1. The van der Waals surface area contributed by atoms with Gasteiger partial charge in [-0.1, -0.05) is 43.2 Å². The number of alkyl halides is 1. The molecule has 3 rings (SSSR count). The summed E-state index contributed by atoms with van der Waals surface area (Å²) in [6, 6.07) is 9.92. The van der Waals surface area contributed by atoms with Gasteiger partial charge in [0.25, 0.3) is 0 Å². The third kappa shape index (κ3) is 2.79. The molecule has 0 saturated heterocycles. The minimum atomic E-state index is -0.133. The Morgan fingerprint density at radius 2 is 1.84 bits per heavy atom. The summed E-state index contributed by atoms with van der Waals surface area (Å²) in [5, 5.41) is 2.89. The highest BCUT2D eigenvalue weighted by atomic mass is 35.5. The van der Waals surface area contributed by atoms with Crippen molar-refractivity contribution >= 4 is 17.5 Å². The van der Waals surface area contributed by atoms with Gasteiger partial charge in [0, 0.05) is 12.5 Å². The summed E-state index contributed by atoms with van der Waals surface area (Å²) in [6.07, 6.45) is 5.08. The van der Waals surface area contributed by atoms with Crippen LogP contribution in [0, 0.1) is 17.8 Å². The van der Waals surface area contributed by atoms with Gasteiger partial charge in [0.15, 0.2) is 0 Å². The van der Waals surface area contributed by atoms with E-state index in [4.69, 9.17) is 11.6 Å². The molecule has 2 fully saturated rings. The van der Waals surface area contributed by atoms with Crippen LogP contribution >= 0.6 is 11.6 Å². The topological polar surface area (TPSA) is 29.1 Å². The van der Waals surface area contributed by atoms with Crippen LogP contribution in [-0.2, 0) is 4.79 Å². The molecule has 0 spiro atoms. The first-order chi connectivity index (χ1) is 9.27. The van der Waals surface area contributed by atoms with E-state index in [-0.39, 0.29) is 17.2 Å². The fourth-order valence-electron chi connectivity index (χ4n) is 3.47. The first kappa shape index (κ1) is 13.0. The van der Waals surface area contributed by atoms with Gasteiger partial charge >= 0.3 is 0 Å². The van der Waals surface area contributed by atoms with Gasteiger partial charge in [0.1, 0.15) is 0 Å². The van der Waals surface area contributed by atoms with Crippen LogP contribution in [0.3, 0.4) is 0 Å². The van der Waals surface area contributed by atoms with E-state index in [1.165, 1.54) is 25.7 Å². The molecule has 1 amide bonds. The van der Waals surface area contributed by atoms with Crippen molar-refractivity contribution in [2.24, 2.45) is 17.8 Å². The smallest absolute Gasteiger partial charge is 0.223 e. The van der Waals surface area contributed by atoms with Crippen molar-refractivity contribution in [3.8, 4) is 0 Å². The van der Waals surface area contributed by atoms with Crippen molar-refractivity contribution in [3.63, 3.8) is 0 Å². The molecular formula is C16H20ClNO. The quantitative estimate of drug-likeness (QED) is 0.839. The number of hydrogen-bond donors (Lipinski definition) is 1. The van der Waals surface area contributed by atoms with Crippen LogP contribution in [0.2, 0.25) is 0 Å². The molecule has 3 heteroatoms. The summed E-state index contributed by atoms with van der Waals surface area (Å²) in [4.78, 5) is 12.1. The monoisotopic (exact) mass is 277 g/mol. The Bertz CT molecular complexity index is 435. The van der Waals surface area contributed by atoms with Gasteiger partial charge in [-0.3, -0.25) is 4.79 Å². The van der Waals surface area contributed by atoms with Crippen LogP contribution in [0.4, 0.5) is 0 Å². The second kappa shape index (κ2) is 5.54. The molecule has 3 atom stereocenters. The summed E-state index contributed by atoms with van der Waals surface area (Å²) in [7, 11) is 0. The van der Waals surface area contributed by atoms with Crippen LogP contribution in [0.5, 0.6) is 0 Å². The predicted molar refractivity (Wildman–Crippen MR) is 77.0 cm³/mol. The molecule has 0 bridgehead atoms. The van der Waals surface area contributed by atoms with Crippen LogP contribution in [0.1, 0.15) is 36.6 Å². The van der Waals surface area contributed by atoms with Gasteiger partial charge in [-0.05, 0) is 30.2 Å². The molecule has 1 N–H and O–H groups in total. The molecule has 0 radical (unpaired) electrons. The number of hydrogen-bond acceptors (Lipinski definition) is 1. The summed E-state index contributed by atoms with van der Waals surface area (Å²) in [5.74, 6) is 1.83. The van der Waals surface area contributed by atoms with Crippen LogP contribution in [-0.4, -0.2) is 12.5 Å². The van der Waals surface area contributed by atoms with Crippen LogP contribution < -0.4 is 5.32 Å². The zero-order valence-electron chi connectivity index (χ0n) is 11.0. The Morgan fingerprint density at radius 1 is 1.21 bits per heavy atom. The average molecular weight is 278 g/mol. The first-order valence-corrected chi connectivity index (χ1v) is 7.68. The molecule has 19 heavy (non-hydrogen) atoms. The van der Waals surface area contributed by atoms with E-state index in [0.717, 1.165) is 5.56 Å². The summed E-state index contributed by atoms with van der Waals surface area (Å²) < 4.78 is 0. The van der Waals surface area contributed by atoms with E-state index >= 15 is 0 Å². The highest BCUT2D eigenvalue weighted by molar-refractivity contribution is 6.21. The first-order valence-electron chi connectivity index (χ1n) is 7.24. The summed E-state index contributed by atoms with van der Waals surface area (Å²) in [6.45, 7) is 0.528. The lowest BCUT2D eigenvalue weighted by molar-refractivity contribution is -0.122. The fraction of sp³-hybridized carbons (Fsp3) is 0.562. The molecule has 2 aliphatic rings. The zero-order chi connectivity index (χ0) is 13.2. The SMILES string of the molecule is O=C(NCC(Cl)c1ccccc1)C1C2CCCCC21. The molecule has 2 nitrogen and oxygen atoms in total. The Balaban J connectivity index is 1.49. The Hall–Kier alpha value is -1.02. The molecule has 2 saturated carbocycles. The Morgan fingerprint density at radius 3 is 2.47 bits per heavy atom. The largest absolute Gasteiger partial charge is 0.354 e. The van der Waals surface area contributed by atoms with Crippen molar-refractivity contribution in [2.75, 3.05) is 6.54 Å². The number of rotatable bonds is 4. The molecule has 1 aromatic carbocycles. The molecule has 3 unspecified atom stereocenters. The Labute approximate surface area is 119 Å². The number of carbonyl (C=O) groups excluding carboxylic acids is 1. The lowest BCUT2D eigenvalue weighted by Gasteiger charge is -2.11. The lowest BCUT2D eigenvalue weighted by atomic mass is 10.0. The molecule has 0 heterocycles. The van der Waals surface area contributed by atoms with Gasteiger partial charge in [-0.25, -0.2) is 0 Å². The minimum absolute atomic E-state index is 0.133. The van der Waals surface area contributed by atoms with Gasteiger partial charge < -0.3 is 5.32 Å². The normalized spacial score (nSPS) is 30.3. The molecule has 0 aromatic heterocycles. The standard InChI is InChI=1S/C16H20ClNO/c17-14(11-6-2-1-3-7-11)10-18-16(19)15-12-8-4-5-9-13(12)15/h1-3,6-7,12-15H,4-5,8-10H2,(H,18,19). The van der Waals surface area contributed by atoms with E-state index in [1.807, 2.05) is 30.3 Å². The Kier molecular flexibility index (Phi) is 3.79. The third-order valence-electron chi connectivity index (χ3n) is 4.58. The second-order valence-electron chi connectivity index (χ2n) is 5.76. The van der Waals surface area contributed by atoms with Crippen molar-refractivity contribution in [3.05, 3.63) is 35.9 Å². The van der Waals surface area contributed by atoms with E-state index in [2.05, 4.69) is 5.32 Å². The molecule has 1 aromatic rings. The maximum Gasteiger partial charge on any atom is 0.223 e. The highest BCUT2D eigenvalue weighted by Crippen LogP contribution is 2.55. The van der Waals surface area contributed by atoms with E-state index < -0.39 is 0 Å². The van der Waals surface area contributed by atoms with E-state index in [1.54, 1.807) is 0 Å². The lowest BCUT2D eigenvalue weighted by Crippen LogP contribution is -2.29. The van der Waals surface area contributed by atoms with E-state index in [0.29, 0.717) is 18.4 Å². The molecule has 2 aliphatic carbocycles. The van der Waals surface area contributed by atoms with Crippen molar-refractivity contribution in [2.45, 2.75) is 31.1 Å². The van der Waals surface area contributed by atoms with E-state index in [9.17, 15) is 4.79 Å². The van der Waals surface area contributed by atoms with Crippen molar-refractivity contribution in [1.82, 2.24) is 5.32 Å². The molecule has 0 aliphatic heterocycles. The number of amides is 1. The van der Waals surface area contributed by atoms with Crippen LogP contribution in [0.15, 0.2) is 30.3 Å². The fourth-order valence-corrected chi connectivity index (χ4v) is 3.69. The number of benzene rings is 1. The molecular weight excluding hydrogens is 258 g/mol. The van der Waals surface area contributed by atoms with Gasteiger partial charge in [0.2, 0.25) is 5.91 Å². The number of fused-ring (bicyclic) bond motifs is 1. The zero-order valence-corrected chi connectivity index (χ0v) is 11.8. The third-order valence-corrected chi connectivity index (χ3v) is 4.98. The number of halogens is 1.